The summed E-state index contributed by atoms with van der Waals surface area (Å²) in [5.41, 5.74) is 1.08. The van der Waals surface area contributed by atoms with E-state index in [0.29, 0.717) is 17.8 Å². The van der Waals surface area contributed by atoms with Crippen LogP contribution < -0.4 is 0 Å². The summed E-state index contributed by atoms with van der Waals surface area (Å²) in [5.74, 6) is 1.20. The number of para-hydroxylation sites is 1. The molecule has 94 valence electrons. The first kappa shape index (κ1) is 12.4. The lowest BCUT2D eigenvalue weighted by Crippen LogP contribution is -2.31. The first-order valence-corrected chi connectivity index (χ1v) is 6.67. The van der Waals surface area contributed by atoms with Crippen LogP contribution in [0, 0.1) is 5.92 Å². The van der Waals surface area contributed by atoms with Gasteiger partial charge in [-0.3, -0.25) is 4.90 Å². The molecule has 1 aliphatic heterocycles. The average Bonchev–Trinajstić information content (AvgIpc) is 2.62. The molecule has 3 atom stereocenters. The number of phenolic OH excluding ortho intramolecular Hbond substituents is 1. The van der Waals surface area contributed by atoms with Crippen molar-refractivity contribution in [3.8, 4) is 5.75 Å². The zero-order chi connectivity index (χ0) is 12.4. The quantitative estimate of drug-likeness (QED) is 0.862. The van der Waals surface area contributed by atoms with Crippen LogP contribution in [0.3, 0.4) is 0 Å². The minimum Gasteiger partial charge on any atom is -0.508 e. The van der Waals surface area contributed by atoms with E-state index < -0.39 is 0 Å². The molecule has 0 aliphatic carbocycles. The van der Waals surface area contributed by atoms with Gasteiger partial charge in [-0.2, -0.15) is 0 Å². The molecule has 1 saturated heterocycles. The molecule has 0 aromatic heterocycles. The summed E-state index contributed by atoms with van der Waals surface area (Å²) < 4.78 is 0. The van der Waals surface area contributed by atoms with Crippen LogP contribution in [0.1, 0.15) is 45.2 Å². The highest BCUT2D eigenvalue weighted by molar-refractivity contribution is 5.34. The highest BCUT2D eigenvalue weighted by Gasteiger charge is 2.32. The molecule has 2 heteroatoms. The number of rotatable bonds is 3. The molecule has 1 N–H and O–H groups in total. The van der Waals surface area contributed by atoms with Crippen LogP contribution >= 0.6 is 0 Å². The Morgan fingerprint density at radius 1 is 1.35 bits per heavy atom. The number of hydrogen-bond acceptors (Lipinski definition) is 2. The summed E-state index contributed by atoms with van der Waals surface area (Å²) >= 11 is 0. The summed E-state index contributed by atoms with van der Waals surface area (Å²) in [6.45, 7) is 7.96. The predicted octanol–water partition coefficient (Wildman–Crippen LogP) is 3.57. The maximum Gasteiger partial charge on any atom is 0.120 e. The molecule has 1 fully saturated rings. The number of benzene rings is 1. The third-order valence-electron chi connectivity index (χ3n) is 3.91. The summed E-state index contributed by atoms with van der Waals surface area (Å²) in [5, 5.41) is 10.00. The molecule has 3 unspecified atom stereocenters. The first-order valence-electron chi connectivity index (χ1n) is 6.67. The Hall–Kier alpha value is -1.02. The van der Waals surface area contributed by atoms with Crippen molar-refractivity contribution in [2.45, 2.75) is 45.7 Å². The molecule has 0 radical (unpaired) electrons. The predicted molar refractivity (Wildman–Crippen MR) is 71.1 cm³/mol. The van der Waals surface area contributed by atoms with Crippen molar-refractivity contribution in [3.05, 3.63) is 29.8 Å². The molecule has 1 aliphatic rings. The molecular formula is C15H23NO. The molecule has 1 aromatic carbocycles. The molecule has 2 rings (SSSR count). The number of aromatic hydroxyl groups is 1. The van der Waals surface area contributed by atoms with Gasteiger partial charge in [0.05, 0.1) is 0 Å². The van der Waals surface area contributed by atoms with Crippen molar-refractivity contribution in [3.63, 3.8) is 0 Å². The lowest BCUT2D eigenvalue weighted by Gasteiger charge is -2.31. The molecule has 0 saturated carbocycles. The van der Waals surface area contributed by atoms with Gasteiger partial charge in [0.25, 0.3) is 0 Å². The van der Waals surface area contributed by atoms with Gasteiger partial charge in [0, 0.05) is 24.2 Å². The van der Waals surface area contributed by atoms with Gasteiger partial charge in [-0.05, 0) is 31.7 Å². The lowest BCUT2D eigenvalue weighted by molar-refractivity contribution is 0.179. The largest absolute Gasteiger partial charge is 0.508 e. The highest BCUT2D eigenvalue weighted by atomic mass is 16.3. The van der Waals surface area contributed by atoms with Crippen molar-refractivity contribution in [2.75, 3.05) is 6.54 Å². The Bertz CT molecular complexity index is 377. The standard InChI is InChI=1S/C15H23NO/c1-4-14(13-7-5-6-8-15(13)17)16-10-11(2)9-12(16)3/h5-8,11-12,14,17H,4,9-10H2,1-3H3. The zero-order valence-electron chi connectivity index (χ0n) is 11.1. The van der Waals surface area contributed by atoms with E-state index in [-0.39, 0.29) is 0 Å². The van der Waals surface area contributed by atoms with Gasteiger partial charge in [0.2, 0.25) is 0 Å². The number of hydrogen-bond donors (Lipinski definition) is 1. The van der Waals surface area contributed by atoms with Gasteiger partial charge in [-0.25, -0.2) is 0 Å². The van der Waals surface area contributed by atoms with Crippen LogP contribution in [0.2, 0.25) is 0 Å². The average molecular weight is 233 g/mol. The maximum absolute atomic E-state index is 10.00. The van der Waals surface area contributed by atoms with Gasteiger partial charge in [-0.1, -0.05) is 32.0 Å². The second-order valence-electron chi connectivity index (χ2n) is 5.37. The zero-order valence-corrected chi connectivity index (χ0v) is 11.1. The molecular weight excluding hydrogens is 210 g/mol. The molecule has 2 nitrogen and oxygen atoms in total. The molecule has 0 spiro atoms. The van der Waals surface area contributed by atoms with Crippen LogP contribution in [-0.2, 0) is 0 Å². The van der Waals surface area contributed by atoms with Gasteiger partial charge in [0.15, 0.2) is 0 Å². The second-order valence-corrected chi connectivity index (χ2v) is 5.37. The molecule has 1 heterocycles. The topological polar surface area (TPSA) is 23.5 Å². The monoisotopic (exact) mass is 233 g/mol. The normalized spacial score (nSPS) is 27.2. The van der Waals surface area contributed by atoms with Crippen LogP contribution in [-0.4, -0.2) is 22.6 Å². The van der Waals surface area contributed by atoms with Gasteiger partial charge in [-0.15, -0.1) is 0 Å². The maximum atomic E-state index is 10.00. The Morgan fingerprint density at radius 2 is 2.06 bits per heavy atom. The van der Waals surface area contributed by atoms with E-state index >= 15 is 0 Å². The molecule has 17 heavy (non-hydrogen) atoms. The Morgan fingerprint density at radius 3 is 2.59 bits per heavy atom. The lowest BCUT2D eigenvalue weighted by atomic mass is 10.0. The van der Waals surface area contributed by atoms with Crippen LogP contribution in [0.25, 0.3) is 0 Å². The van der Waals surface area contributed by atoms with E-state index in [4.69, 9.17) is 0 Å². The van der Waals surface area contributed by atoms with E-state index in [0.717, 1.165) is 24.4 Å². The van der Waals surface area contributed by atoms with Crippen molar-refractivity contribution in [1.82, 2.24) is 4.90 Å². The van der Waals surface area contributed by atoms with Crippen molar-refractivity contribution >= 4 is 0 Å². The van der Waals surface area contributed by atoms with E-state index in [1.807, 2.05) is 12.1 Å². The van der Waals surface area contributed by atoms with Crippen molar-refractivity contribution < 1.29 is 5.11 Å². The number of nitrogens with zero attached hydrogens (tertiary/aromatic N) is 1. The minimum absolute atomic E-state index is 0.358. The minimum atomic E-state index is 0.358. The summed E-state index contributed by atoms with van der Waals surface area (Å²) in [6, 6.07) is 8.73. The number of likely N-dealkylation sites (tertiary alicyclic amines) is 1. The van der Waals surface area contributed by atoms with Crippen LogP contribution in [0.15, 0.2) is 24.3 Å². The SMILES string of the molecule is CCC(c1ccccc1O)N1CC(C)CC1C. The molecule has 0 bridgehead atoms. The first-order chi connectivity index (χ1) is 8.13. The van der Waals surface area contributed by atoms with Gasteiger partial charge >= 0.3 is 0 Å². The second kappa shape index (κ2) is 5.09. The summed E-state index contributed by atoms with van der Waals surface area (Å²) in [6.07, 6.45) is 2.32. The summed E-state index contributed by atoms with van der Waals surface area (Å²) in [7, 11) is 0. The fourth-order valence-electron chi connectivity index (χ4n) is 3.17. The fourth-order valence-corrected chi connectivity index (χ4v) is 3.17. The molecule has 0 amide bonds. The van der Waals surface area contributed by atoms with Gasteiger partial charge < -0.3 is 5.11 Å². The van der Waals surface area contributed by atoms with E-state index in [2.05, 4.69) is 31.7 Å². The highest BCUT2D eigenvalue weighted by Crippen LogP contribution is 2.37. The van der Waals surface area contributed by atoms with E-state index in [9.17, 15) is 5.11 Å². The number of phenols is 1. The fraction of sp³-hybridized carbons (Fsp3) is 0.600. The Labute approximate surface area is 104 Å². The van der Waals surface area contributed by atoms with Gasteiger partial charge in [0.1, 0.15) is 5.75 Å². The molecule has 1 aromatic rings. The van der Waals surface area contributed by atoms with E-state index in [1.165, 1.54) is 6.42 Å². The summed E-state index contributed by atoms with van der Waals surface area (Å²) in [4.78, 5) is 2.54. The Balaban J connectivity index is 2.25. The van der Waals surface area contributed by atoms with Crippen molar-refractivity contribution in [2.24, 2.45) is 5.92 Å². The van der Waals surface area contributed by atoms with E-state index in [1.54, 1.807) is 6.07 Å². The third kappa shape index (κ3) is 2.47. The van der Waals surface area contributed by atoms with Crippen LogP contribution in [0.5, 0.6) is 5.75 Å². The Kier molecular flexibility index (Phi) is 3.72. The third-order valence-corrected chi connectivity index (χ3v) is 3.91. The van der Waals surface area contributed by atoms with Crippen molar-refractivity contribution in [1.29, 1.82) is 0 Å². The smallest absolute Gasteiger partial charge is 0.120 e. The van der Waals surface area contributed by atoms with Crippen LogP contribution in [0.4, 0.5) is 0 Å².